The van der Waals surface area contributed by atoms with Gasteiger partial charge in [0.25, 0.3) is 0 Å². The number of nitrogens with zero attached hydrogens (tertiary/aromatic N) is 1. The summed E-state index contributed by atoms with van der Waals surface area (Å²) < 4.78 is 0. The molecule has 0 bridgehead atoms. The molecule has 0 spiro atoms. The Morgan fingerprint density at radius 3 is 2.00 bits per heavy atom. The number of rotatable bonds is 5. The first-order valence-electron chi connectivity index (χ1n) is 5.16. The molecule has 0 atom stereocenters. The van der Waals surface area contributed by atoms with Crippen molar-refractivity contribution in [1.29, 1.82) is 0 Å². The van der Waals surface area contributed by atoms with Crippen LogP contribution in [0.3, 0.4) is 0 Å². The Labute approximate surface area is 100 Å². The highest BCUT2D eigenvalue weighted by Crippen LogP contribution is 2.14. The smallest absolute Gasteiger partial charge is 0.318 e. The molecule has 0 unspecified atom stereocenters. The van der Waals surface area contributed by atoms with E-state index in [0.717, 1.165) is 0 Å². The highest BCUT2D eigenvalue weighted by atomic mass is 16.4. The van der Waals surface area contributed by atoms with Crippen molar-refractivity contribution in [2.75, 3.05) is 27.2 Å². The summed E-state index contributed by atoms with van der Waals surface area (Å²) in [5, 5.41) is 13.8. The number of carbonyl (C=O) groups excluding carboxylic acids is 2. The molecule has 0 rings (SSSR count). The number of hydrogen-bond donors (Lipinski definition) is 3. The van der Waals surface area contributed by atoms with Crippen LogP contribution in [0.1, 0.15) is 13.8 Å². The van der Waals surface area contributed by atoms with Crippen molar-refractivity contribution in [2.24, 2.45) is 5.41 Å². The van der Waals surface area contributed by atoms with Crippen LogP contribution in [0, 0.1) is 5.41 Å². The Morgan fingerprint density at radius 2 is 1.59 bits per heavy atom. The van der Waals surface area contributed by atoms with Crippen LogP contribution in [-0.2, 0) is 9.59 Å². The standard InChI is InChI=1S/C10H19N3O4/c1-10(2,8(15)16)7(14)11-5-6-12-9(17)13(3)4/h5-6H2,1-4H3,(H,11,14)(H,12,17)(H,15,16). The van der Waals surface area contributed by atoms with Gasteiger partial charge in [-0.2, -0.15) is 0 Å². The minimum absolute atomic E-state index is 0.190. The number of nitrogens with one attached hydrogen (secondary N) is 2. The molecule has 0 aliphatic heterocycles. The quantitative estimate of drug-likeness (QED) is 0.448. The van der Waals surface area contributed by atoms with Crippen LogP contribution in [0.4, 0.5) is 4.79 Å². The molecule has 3 amide bonds. The van der Waals surface area contributed by atoms with E-state index in [1.165, 1.54) is 18.7 Å². The van der Waals surface area contributed by atoms with Gasteiger partial charge in [0, 0.05) is 27.2 Å². The van der Waals surface area contributed by atoms with Crippen molar-refractivity contribution in [3.8, 4) is 0 Å². The summed E-state index contributed by atoms with van der Waals surface area (Å²) in [5.41, 5.74) is -1.47. The lowest BCUT2D eigenvalue weighted by Gasteiger charge is -2.18. The molecule has 0 fully saturated rings. The SMILES string of the molecule is CN(C)C(=O)NCCNC(=O)C(C)(C)C(=O)O. The summed E-state index contributed by atoms with van der Waals surface area (Å²) in [6.07, 6.45) is 0. The zero-order valence-electron chi connectivity index (χ0n) is 10.5. The second-order valence-electron chi connectivity index (χ2n) is 4.31. The molecule has 7 heteroatoms. The third-order valence-corrected chi connectivity index (χ3v) is 2.20. The van der Waals surface area contributed by atoms with Gasteiger partial charge in [0.05, 0.1) is 0 Å². The van der Waals surface area contributed by atoms with Gasteiger partial charge in [-0.05, 0) is 13.8 Å². The second-order valence-corrected chi connectivity index (χ2v) is 4.31. The first-order valence-corrected chi connectivity index (χ1v) is 5.16. The van der Waals surface area contributed by atoms with Crippen molar-refractivity contribution < 1.29 is 19.5 Å². The van der Waals surface area contributed by atoms with E-state index in [9.17, 15) is 14.4 Å². The molecule has 0 aromatic carbocycles. The molecule has 0 radical (unpaired) electrons. The van der Waals surface area contributed by atoms with Gasteiger partial charge in [-0.15, -0.1) is 0 Å². The van der Waals surface area contributed by atoms with Gasteiger partial charge < -0.3 is 20.6 Å². The maximum absolute atomic E-state index is 11.5. The lowest BCUT2D eigenvalue weighted by atomic mass is 9.93. The number of hydrogen-bond acceptors (Lipinski definition) is 3. The van der Waals surface area contributed by atoms with E-state index in [1.54, 1.807) is 14.1 Å². The molecule has 17 heavy (non-hydrogen) atoms. The molecule has 0 aromatic rings. The fraction of sp³-hybridized carbons (Fsp3) is 0.700. The molecule has 98 valence electrons. The minimum Gasteiger partial charge on any atom is -0.480 e. The lowest BCUT2D eigenvalue weighted by Crippen LogP contribution is -2.45. The maximum Gasteiger partial charge on any atom is 0.318 e. The first-order chi connectivity index (χ1) is 7.69. The van der Waals surface area contributed by atoms with Crippen LogP contribution >= 0.6 is 0 Å². The largest absolute Gasteiger partial charge is 0.480 e. The van der Waals surface area contributed by atoms with E-state index in [0.29, 0.717) is 0 Å². The Morgan fingerprint density at radius 1 is 1.12 bits per heavy atom. The zero-order chi connectivity index (χ0) is 13.6. The van der Waals surface area contributed by atoms with Crippen LogP contribution < -0.4 is 10.6 Å². The average molecular weight is 245 g/mol. The maximum atomic E-state index is 11.5. The Bertz CT molecular complexity index is 313. The third kappa shape index (κ3) is 4.71. The summed E-state index contributed by atoms with van der Waals surface area (Å²) in [5.74, 6) is -1.77. The van der Waals surface area contributed by atoms with Gasteiger partial charge >= 0.3 is 12.0 Å². The van der Waals surface area contributed by atoms with Crippen LogP contribution in [0.2, 0.25) is 0 Å². The van der Waals surface area contributed by atoms with E-state index in [2.05, 4.69) is 10.6 Å². The normalized spacial score (nSPS) is 10.6. The highest BCUT2D eigenvalue weighted by Gasteiger charge is 2.35. The number of amides is 3. The van der Waals surface area contributed by atoms with Crippen molar-refractivity contribution >= 4 is 17.9 Å². The van der Waals surface area contributed by atoms with Gasteiger partial charge in [0.1, 0.15) is 5.41 Å². The van der Waals surface area contributed by atoms with E-state index >= 15 is 0 Å². The average Bonchev–Trinajstić information content (AvgIpc) is 2.22. The second kappa shape index (κ2) is 6.07. The van der Waals surface area contributed by atoms with E-state index in [1.807, 2.05) is 0 Å². The van der Waals surface area contributed by atoms with Crippen LogP contribution in [0.25, 0.3) is 0 Å². The number of urea groups is 1. The molecule has 0 saturated carbocycles. The van der Waals surface area contributed by atoms with Crippen LogP contribution in [-0.4, -0.2) is 55.1 Å². The fourth-order valence-corrected chi connectivity index (χ4v) is 0.822. The molecular formula is C10H19N3O4. The van der Waals surface area contributed by atoms with Gasteiger partial charge in [0.15, 0.2) is 0 Å². The topological polar surface area (TPSA) is 98.7 Å². The predicted octanol–water partition coefficient (Wildman–Crippen LogP) is -0.515. The minimum atomic E-state index is -1.47. The Hall–Kier alpha value is -1.79. The van der Waals surface area contributed by atoms with Crippen molar-refractivity contribution in [3.05, 3.63) is 0 Å². The third-order valence-electron chi connectivity index (χ3n) is 2.20. The summed E-state index contributed by atoms with van der Waals surface area (Å²) >= 11 is 0. The molecule has 0 aliphatic rings. The predicted molar refractivity (Wildman–Crippen MR) is 61.5 cm³/mol. The first kappa shape index (κ1) is 15.2. The van der Waals surface area contributed by atoms with Crippen molar-refractivity contribution in [2.45, 2.75) is 13.8 Å². The Kier molecular flexibility index (Phi) is 5.43. The lowest BCUT2D eigenvalue weighted by molar-refractivity contribution is -0.153. The van der Waals surface area contributed by atoms with E-state index in [4.69, 9.17) is 5.11 Å². The van der Waals surface area contributed by atoms with Crippen LogP contribution in [0.15, 0.2) is 0 Å². The number of carboxylic acid groups (broad SMARTS) is 1. The van der Waals surface area contributed by atoms with Crippen molar-refractivity contribution in [3.63, 3.8) is 0 Å². The Balaban J connectivity index is 3.95. The molecule has 0 aromatic heterocycles. The zero-order valence-corrected chi connectivity index (χ0v) is 10.5. The fourth-order valence-electron chi connectivity index (χ4n) is 0.822. The van der Waals surface area contributed by atoms with Gasteiger partial charge in [-0.1, -0.05) is 0 Å². The highest BCUT2D eigenvalue weighted by molar-refractivity contribution is 6.00. The van der Waals surface area contributed by atoms with Gasteiger partial charge in [-0.3, -0.25) is 9.59 Å². The van der Waals surface area contributed by atoms with Crippen LogP contribution in [0.5, 0.6) is 0 Å². The number of carboxylic acids is 1. The molecule has 0 aliphatic carbocycles. The summed E-state index contributed by atoms with van der Waals surface area (Å²) in [7, 11) is 3.20. The number of aliphatic carboxylic acids is 1. The number of carbonyl (C=O) groups is 3. The molecule has 0 saturated heterocycles. The van der Waals surface area contributed by atoms with Gasteiger partial charge in [0.2, 0.25) is 5.91 Å². The van der Waals surface area contributed by atoms with E-state index in [-0.39, 0.29) is 19.1 Å². The summed E-state index contributed by atoms with van der Waals surface area (Å²) in [6.45, 7) is 3.08. The molecular weight excluding hydrogens is 226 g/mol. The summed E-state index contributed by atoms with van der Waals surface area (Å²) in [6, 6.07) is -0.267. The summed E-state index contributed by atoms with van der Waals surface area (Å²) in [4.78, 5) is 34.7. The molecule has 0 heterocycles. The monoisotopic (exact) mass is 245 g/mol. The molecule has 7 nitrogen and oxygen atoms in total. The van der Waals surface area contributed by atoms with Gasteiger partial charge in [-0.25, -0.2) is 4.79 Å². The van der Waals surface area contributed by atoms with Crippen molar-refractivity contribution in [1.82, 2.24) is 15.5 Å². The van der Waals surface area contributed by atoms with E-state index < -0.39 is 17.3 Å². The molecule has 3 N–H and O–H groups in total.